The fraction of sp³-hybridized carbons (Fsp3) is 0.364. The lowest BCUT2D eigenvalue weighted by Crippen LogP contribution is -2.37. The summed E-state index contributed by atoms with van der Waals surface area (Å²) in [6.07, 6.45) is 0.347. The van der Waals surface area contributed by atoms with Crippen molar-refractivity contribution in [1.82, 2.24) is 9.97 Å². The molecule has 34 heavy (non-hydrogen) atoms. The van der Waals surface area contributed by atoms with Gasteiger partial charge in [-0.25, -0.2) is 22.2 Å². The fourth-order valence-electron chi connectivity index (χ4n) is 3.86. The van der Waals surface area contributed by atoms with Crippen LogP contribution < -0.4 is 14.4 Å². The highest BCUT2D eigenvalue weighted by Crippen LogP contribution is 2.39. The van der Waals surface area contributed by atoms with Crippen molar-refractivity contribution in [3.05, 3.63) is 41.2 Å². The second-order valence-corrected chi connectivity index (χ2v) is 9.88. The lowest BCUT2D eigenvalue weighted by Gasteiger charge is -2.29. The molecular weight excluding hydrogens is 490 g/mol. The number of morpholine rings is 1. The Labute approximate surface area is 200 Å². The maximum atomic E-state index is 15.5. The van der Waals surface area contributed by atoms with E-state index < -0.39 is 27.2 Å². The monoisotopic (exact) mass is 512 g/mol. The maximum absolute atomic E-state index is 15.5. The molecule has 1 N–H and O–H groups in total. The van der Waals surface area contributed by atoms with Gasteiger partial charge < -0.3 is 14.4 Å². The first kappa shape index (κ1) is 24.4. The van der Waals surface area contributed by atoms with Gasteiger partial charge in [0.05, 0.1) is 37.3 Å². The molecule has 1 aliphatic heterocycles. The van der Waals surface area contributed by atoms with E-state index in [1.165, 1.54) is 13.2 Å². The van der Waals surface area contributed by atoms with Gasteiger partial charge in [-0.15, -0.1) is 0 Å². The lowest BCUT2D eigenvalue weighted by molar-refractivity contribution is 0.122. The SMILES string of the molecule is CCCS(=O)(=O)Nc1ccc(F)c(-c2cc(OC)c3nc(Cl)nc(N4CCOCC4)c3c2)c1F. The zero-order chi connectivity index (χ0) is 24.5. The molecule has 1 fully saturated rings. The van der Waals surface area contributed by atoms with Crippen molar-refractivity contribution in [1.29, 1.82) is 0 Å². The predicted octanol–water partition coefficient (Wildman–Crippen LogP) is 4.23. The molecule has 0 radical (unpaired) electrons. The molecular formula is C22H23ClF2N4O4S. The van der Waals surface area contributed by atoms with E-state index in [-0.39, 0.29) is 28.0 Å². The van der Waals surface area contributed by atoms with E-state index in [9.17, 15) is 12.8 Å². The molecule has 3 aromatic rings. The summed E-state index contributed by atoms with van der Waals surface area (Å²) in [5.41, 5.74) is -0.228. The van der Waals surface area contributed by atoms with E-state index in [0.717, 1.165) is 12.1 Å². The van der Waals surface area contributed by atoms with Crippen LogP contribution in [0.15, 0.2) is 24.3 Å². The van der Waals surface area contributed by atoms with Crippen molar-refractivity contribution >= 4 is 44.0 Å². The summed E-state index contributed by atoms with van der Waals surface area (Å²) in [6, 6.07) is 5.05. The molecule has 1 aliphatic rings. The van der Waals surface area contributed by atoms with Gasteiger partial charge in [-0.05, 0) is 47.9 Å². The Hall–Kier alpha value is -2.76. The lowest BCUT2D eigenvalue weighted by atomic mass is 10.0. The number of halogens is 3. The number of aromatic nitrogens is 2. The van der Waals surface area contributed by atoms with Gasteiger partial charge in [0, 0.05) is 18.5 Å². The zero-order valence-corrected chi connectivity index (χ0v) is 20.1. The van der Waals surface area contributed by atoms with Crippen LogP contribution in [0.1, 0.15) is 13.3 Å². The Morgan fingerprint density at radius 2 is 1.94 bits per heavy atom. The third kappa shape index (κ3) is 4.86. The van der Waals surface area contributed by atoms with Gasteiger partial charge in [0.2, 0.25) is 15.3 Å². The fourth-order valence-corrected chi connectivity index (χ4v) is 5.15. The molecule has 1 aromatic heterocycles. The van der Waals surface area contributed by atoms with Crippen molar-refractivity contribution in [3.63, 3.8) is 0 Å². The molecule has 0 atom stereocenters. The summed E-state index contributed by atoms with van der Waals surface area (Å²) in [5, 5.41) is 0.487. The molecule has 2 aromatic carbocycles. The number of hydrogen-bond acceptors (Lipinski definition) is 7. The van der Waals surface area contributed by atoms with Crippen LogP contribution in [0.2, 0.25) is 5.28 Å². The molecule has 0 saturated carbocycles. The topological polar surface area (TPSA) is 93.7 Å². The van der Waals surface area contributed by atoms with Crippen LogP contribution in [0.3, 0.4) is 0 Å². The van der Waals surface area contributed by atoms with E-state index >= 15 is 4.39 Å². The van der Waals surface area contributed by atoms with E-state index in [4.69, 9.17) is 21.1 Å². The second kappa shape index (κ2) is 9.85. The van der Waals surface area contributed by atoms with Crippen LogP contribution in [0, 0.1) is 11.6 Å². The predicted molar refractivity (Wildman–Crippen MR) is 127 cm³/mol. The molecule has 1 saturated heterocycles. The van der Waals surface area contributed by atoms with Crippen molar-refractivity contribution in [3.8, 4) is 16.9 Å². The third-order valence-corrected chi connectivity index (χ3v) is 7.01. The van der Waals surface area contributed by atoms with Gasteiger partial charge in [-0.3, -0.25) is 4.72 Å². The molecule has 0 spiro atoms. The Morgan fingerprint density at radius 3 is 2.62 bits per heavy atom. The van der Waals surface area contributed by atoms with Crippen LogP contribution in [0.4, 0.5) is 20.3 Å². The second-order valence-electron chi connectivity index (χ2n) is 7.70. The number of methoxy groups -OCH3 is 1. The Balaban J connectivity index is 1.91. The summed E-state index contributed by atoms with van der Waals surface area (Å²) in [6.45, 7) is 3.76. The minimum absolute atomic E-state index is 0.00438. The standard InChI is InChI=1S/C22H23ClF2N4O4S/c1-3-10-34(30,31)28-16-5-4-15(24)18(19(16)25)13-11-14-20(17(12-13)32-2)26-22(23)27-21(14)29-6-8-33-9-7-29/h4-5,11-12,28H,3,6-10H2,1-2H3. The number of fused-ring (bicyclic) bond motifs is 1. The van der Waals surface area contributed by atoms with Crippen LogP contribution in [0.25, 0.3) is 22.0 Å². The molecule has 0 aliphatic carbocycles. The molecule has 8 nitrogen and oxygen atoms in total. The number of ether oxygens (including phenoxy) is 2. The Bertz CT molecular complexity index is 1330. The van der Waals surface area contributed by atoms with Crippen LogP contribution >= 0.6 is 11.6 Å². The van der Waals surface area contributed by atoms with Gasteiger partial charge in [0.25, 0.3) is 0 Å². The van der Waals surface area contributed by atoms with Crippen LogP contribution in [0.5, 0.6) is 5.75 Å². The van der Waals surface area contributed by atoms with Crippen molar-refractivity contribution in [2.45, 2.75) is 13.3 Å². The minimum atomic E-state index is -3.78. The highest BCUT2D eigenvalue weighted by molar-refractivity contribution is 7.92. The average molecular weight is 513 g/mol. The number of hydrogen-bond donors (Lipinski definition) is 1. The zero-order valence-electron chi connectivity index (χ0n) is 18.6. The summed E-state index contributed by atoms with van der Waals surface area (Å²) in [7, 11) is -2.38. The quantitative estimate of drug-likeness (QED) is 0.473. The molecule has 0 amide bonds. The largest absolute Gasteiger partial charge is 0.494 e. The number of rotatable bonds is 7. The van der Waals surface area contributed by atoms with Crippen LogP contribution in [-0.4, -0.2) is 57.6 Å². The average Bonchev–Trinajstić information content (AvgIpc) is 2.80. The maximum Gasteiger partial charge on any atom is 0.232 e. The Kier molecular flexibility index (Phi) is 7.06. The summed E-state index contributed by atoms with van der Waals surface area (Å²) in [4.78, 5) is 10.6. The molecule has 0 bridgehead atoms. The molecule has 0 unspecified atom stereocenters. The summed E-state index contributed by atoms with van der Waals surface area (Å²) < 4.78 is 67.8. The van der Waals surface area contributed by atoms with E-state index in [2.05, 4.69) is 14.7 Å². The number of nitrogens with one attached hydrogen (secondary N) is 1. The Morgan fingerprint density at radius 1 is 1.21 bits per heavy atom. The molecule has 4 rings (SSSR count). The van der Waals surface area contributed by atoms with Crippen molar-refractivity contribution < 1.29 is 26.7 Å². The van der Waals surface area contributed by atoms with Gasteiger partial charge >= 0.3 is 0 Å². The number of benzene rings is 2. The van der Waals surface area contributed by atoms with E-state index in [0.29, 0.717) is 49.4 Å². The van der Waals surface area contributed by atoms with Gasteiger partial charge in [-0.2, -0.15) is 4.98 Å². The number of sulfonamides is 1. The summed E-state index contributed by atoms with van der Waals surface area (Å²) >= 11 is 6.17. The smallest absolute Gasteiger partial charge is 0.232 e. The minimum Gasteiger partial charge on any atom is -0.494 e. The third-order valence-electron chi connectivity index (χ3n) is 5.37. The number of anilines is 2. The first-order chi connectivity index (χ1) is 16.2. The first-order valence-electron chi connectivity index (χ1n) is 10.6. The first-order valence-corrected chi connectivity index (χ1v) is 12.6. The molecule has 2 heterocycles. The normalized spacial score (nSPS) is 14.4. The van der Waals surface area contributed by atoms with Gasteiger partial charge in [0.15, 0.2) is 5.82 Å². The van der Waals surface area contributed by atoms with E-state index in [1.807, 2.05) is 4.90 Å². The molecule has 12 heteroatoms. The van der Waals surface area contributed by atoms with Crippen molar-refractivity contribution in [2.75, 3.05) is 48.8 Å². The van der Waals surface area contributed by atoms with E-state index in [1.54, 1.807) is 13.0 Å². The highest BCUT2D eigenvalue weighted by atomic mass is 35.5. The highest BCUT2D eigenvalue weighted by Gasteiger charge is 2.24. The summed E-state index contributed by atoms with van der Waals surface area (Å²) in [5.74, 6) is -1.37. The van der Waals surface area contributed by atoms with Crippen LogP contribution in [-0.2, 0) is 14.8 Å². The number of nitrogens with zero attached hydrogens (tertiary/aromatic N) is 3. The molecule has 182 valence electrons. The van der Waals surface area contributed by atoms with Gasteiger partial charge in [0.1, 0.15) is 22.9 Å². The van der Waals surface area contributed by atoms with Gasteiger partial charge in [-0.1, -0.05) is 6.92 Å². The van der Waals surface area contributed by atoms with Crippen molar-refractivity contribution in [2.24, 2.45) is 0 Å².